The summed E-state index contributed by atoms with van der Waals surface area (Å²) in [4.78, 5) is 8.31. The molecule has 0 saturated carbocycles. The zero-order valence-electron chi connectivity index (χ0n) is 11.9. The molecule has 0 atom stereocenters. The molecule has 2 aromatic heterocycles. The number of H-pyrrole nitrogens is 1. The maximum absolute atomic E-state index is 4.63. The highest BCUT2D eigenvalue weighted by atomic mass is 15.4. The Labute approximate surface area is 116 Å². The number of nitrogens with zero attached hydrogens (tertiary/aromatic N) is 7. The number of aliphatic imine (C=N–C) groups is 1. The van der Waals surface area contributed by atoms with Crippen molar-refractivity contribution in [3.63, 3.8) is 0 Å². The highest BCUT2D eigenvalue weighted by Crippen LogP contribution is 2.36. The predicted molar refractivity (Wildman–Crippen MR) is 73.7 cm³/mol. The Balaban J connectivity index is 2.08. The van der Waals surface area contributed by atoms with Crippen LogP contribution in [0.15, 0.2) is 21.5 Å². The van der Waals surface area contributed by atoms with Crippen LogP contribution in [0.5, 0.6) is 0 Å². The monoisotopic (exact) mass is 272 g/mol. The summed E-state index contributed by atoms with van der Waals surface area (Å²) in [6.07, 6.45) is 1.40. The Morgan fingerprint density at radius 1 is 1.30 bits per heavy atom. The third-order valence-electron chi connectivity index (χ3n) is 3.07. The van der Waals surface area contributed by atoms with Gasteiger partial charge in [0.1, 0.15) is 17.9 Å². The van der Waals surface area contributed by atoms with Crippen LogP contribution in [0.3, 0.4) is 0 Å². The highest BCUT2D eigenvalue weighted by molar-refractivity contribution is 5.85. The summed E-state index contributed by atoms with van der Waals surface area (Å²) in [6, 6.07) is 0. The molecule has 8 heteroatoms. The van der Waals surface area contributed by atoms with Crippen LogP contribution in [0.4, 0.5) is 11.6 Å². The van der Waals surface area contributed by atoms with Gasteiger partial charge in [-0.25, -0.2) is 9.78 Å². The zero-order valence-corrected chi connectivity index (χ0v) is 11.9. The molecule has 0 radical (unpaired) electrons. The van der Waals surface area contributed by atoms with Gasteiger partial charge in [0.05, 0.1) is 17.9 Å². The minimum Gasteiger partial charge on any atom is -0.264 e. The molecule has 0 aliphatic carbocycles. The largest absolute Gasteiger partial charge is 0.264 e. The van der Waals surface area contributed by atoms with Crippen LogP contribution in [0, 0.1) is 0 Å². The smallest absolute Gasteiger partial charge is 0.264 e. The molecule has 8 nitrogen and oxygen atoms in total. The van der Waals surface area contributed by atoms with Crippen molar-refractivity contribution in [2.24, 2.45) is 15.2 Å². The molecule has 0 fully saturated rings. The maximum atomic E-state index is 4.63. The molecule has 0 saturated heterocycles. The Kier molecular flexibility index (Phi) is 2.73. The molecule has 0 spiro atoms. The van der Waals surface area contributed by atoms with Crippen LogP contribution in [-0.4, -0.2) is 30.8 Å². The molecule has 0 bridgehead atoms. The zero-order chi connectivity index (χ0) is 14.3. The fourth-order valence-electron chi connectivity index (χ4n) is 2.07. The molecule has 104 valence electrons. The molecule has 2 aromatic rings. The minimum atomic E-state index is -0.118. The van der Waals surface area contributed by atoms with Gasteiger partial charge in [-0.1, -0.05) is 20.8 Å². The summed E-state index contributed by atoms with van der Waals surface area (Å²) in [5.74, 6) is 1.26. The van der Waals surface area contributed by atoms with E-state index in [0.29, 0.717) is 12.5 Å². The number of nitrogens with one attached hydrogen (secondary N) is 1. The fourth-order valence-corrected chi connectivity index (χ4v) is 2.07. The normalized spacial score (nSPS) is 14.9. The SMILES string of the molecule is CC1=NCc2c(N=Nc3ncn[nH]3)c(C(C)(C)C)nn21. The standard InChI is InChI=1S/C12H16N8/c1-7-13-5-8-9(16-18-11-14-6-15-17-11)10(12(2,3)4)19-20(7)8/h6H,5H2,1-4H3,(H,14,15,17). The van der Waals surface area contributed by atoms with Crippen LogP contribution in [0.1, 0.15) is 39.1 Å². The van der Waals surface area contributed by atoms with Crippen molar-refractivity contribution >= 4 is 17.5 Å². The van der Waals surface area contributed by atoms with Crippen molar-refractivity contribution in [2.45, 2.75) is 39.7 Å². The molecular formula is C12H16N8. The van der Waals surface area contributed by atoms with Crippen LogP contribution in [-0.2, 0) is 12.0 Å². The summed E-state index contributed by atoms with van der Waals surface area (Å²) in [7, 11) is 0. The van der Waals surface area contributed by atoms with Gasteiger partial charge in [0.2, 0.25) is 0 Å². The highest BCUT2D eigenvalue weighted by Gasteiger charge is 2.29. The first-order chi connectivity index (χ1) is 9.47. The van der Waals surface area contributed by atoms with Crippen LogP contribution >= 0.6 is 0 Å². The lowest BCUT2D eigenvalue weighted by atomic mass is 9.91. The summed E-state index contributed by atoms with van der Waals surface area (Å²) < 4.78 is 1.84. The Hall–Kier alpha value is -2.38. The Morgan fingerprint density at radius 2 is 2.10 bits per heavy atom. The molecule has 3 heterocycles. The van der Waals surface area contributed by atoms with Crippen molar-refractivity contribution in [1.82, 2.24) is 25.0 Å². The molecular weight excluding hydrogens is 256 g/mol. The lowest BCUT2D eigenvalue weighted by molar-refractivity contribution is 0.563. The summed E-state index contributed by atoms with van der Waals surface area (Å²) in [5, 5.41) is 19.4. The van der Waals surface area contributed by atoms with Crippen LogP contribution in [0.25, 0.3) is 0 Å². The van der Waals surface area contributed by atoms with Crippen molar-refractivity contribution in [2.75, 3.05) is 0 Å². The third-order valence-corrected chi connectivity index (χ3v) is 3.07. The molecule has 0 amide bonds. The summed E-state index contributed by atoms with van der Waals surface area (Å²) >= 11 is 0. The average Bonchev–Trinajstić information content (AvgIpc) is 3.04. The van der Waals surface area contributed by atoms with Crippen molar-refractivity contribution < 1.29 is 0 Å². The van der Waals surface area contributed by atoms with E-state index < -0.39 is 0 Å². The number of hydrogen-bond acceptors (Lipinski definition) is 6. The second-order valence-electron chi connectivity index (χ2n) is 5.68. The first-order valence-electron chi connectivity index (χ1n) is 6.38. The Morgan fingerprint density at radius 3 is 2.75 bits per heavy atom. The fraction of sp³-hybridized carbons (Fsp3) is 0.500. The van der Waals surface area contributed by atoms with E-state index in [1.165, 1.54) is 6.33 Å². The maximum Gasteiger partial charge on any atom is 0.264 e. The van der Waals surface area contributed by atoms with E-state index in [1.807, 2.05) is 11.6 Å². The lowest BCUT2D eigenvalue weighted by Crippen LogP contribution is -2.14. The van der Waals surface area contributed by atoms with Crippen LogP contribution < -0.4 is 0 Å². The van der Waals surface area contributed by atoms with Gasteiger partial charge in [-0.05, 0) is 6.92 Å². The molecule has 3 rings (SSSR count). The first-order valence-corrected chi connectivity index (χ1v) is 6.38. The summed E-state index contributed by atoms with van der Waals surface area (Å²) in [6.45, 7) is 8.83. The molecule has 0 aromatic carbocycles. The molecule has 0 unspecified atom stereocenters. The van der Waals surface area contributed by atoms with Gasteiger partial charge in [0, 0.05) is 5.41 Å². The van der Waals surface area contributed by atoms with Gasteiger partial charge in [0.15, 0.2) is 0 Å². The van der Waals surface area contributed by atoms with E-state index in [9.17, 15) is 0 Å². The van der Waals surface area contributed by atoms with Crippen molar-refractivity contribution in [3.8, 4) is 0 Å². The molecule has 20 heavy (non-hydrogen) atoms. The topological polar surface area (TPSA) is 96.5 Å². The van der Waals surface area contributed by atoms with E-state index in [-0.39, 0.29) is 5.41 Å². The third kappa shape index (κ3) is 2.02. The minimum absolute atomic E-state index is 0.118. The van der Waals surface area contributed by atoms with E-state index in [2.05, 4.69) is 56.3 Å². The van der Waals surface area contributed by atoms with Gasteiger partial charge in [-0.3, -0.25) is 4.99 Å². The van der Waals surface area contributed by atoms with Gasteiger partial charge in [0.25, 0.3) is 5.95 Å². The van der Waals surface area contributed by atoms with E-state index >= 15 is 0 Å². The van der Waals surface area contributed by atoms with Gasteiger partial charge >= 0.3 is 0 Å². The van der Waals surface area contributed by atoms with Gasteiger partial charge in [-0.15, -0.1) is 10.2 Å². The first kappa shape index (κ1) is 12.6. The molecule has 1 N–H and O–H groups in total. The predicted octanol–water partition coefficient (Wildman–Crippen LogP) is 2.49. The van der Waals surface area contributed by atoms with E-state index in [0.717, 1.165) is 22.9 Å². The number of hydrogen-bond donors (Lipinski definition) is 1. The lowest BCUT2D eigenvalue weighted by Gasteiger charge is -2.15. The van der Waals surface area contributed by atoms with Gasteiger partial charge in [-0.2, -0.15) is 15.2 Å². The quantitative estimate of drug-likeness (QED) is 0.850. The molecule has 1 aliphatic rings. The number of fused-ring (bicyclic) bond motifs is 1. The van der Waals surface area contributed by atoms with Gasteiger partial charge < -0.3 is 0 Å². The second-order valence-corrected chi connectivity index (χ2v) is 5.68. The summed E-state index contributed by atoms with van der Waals surface area (Å²) in [5.41, 5.74) is 2.53. The van der Waals surface area contributed by atoms with Crippen LogP contribution in [0.2, 0.25) is 0 Å². The van der Waals surface area contributed by atoms with E-state index in [1.54, 1.807) is 0 Å². The Bertz CT molecular complexity index is 684. The number of aromatic nitrogens is 5. The number of azo groups is 1. The second kappa shape index (κ2) is 4.32. The van der Waals surface area contributed by atoms with Crippen molar-refractivity contribution in [1.29, 1.82) is 0 Å². The number of aromatic amines is 1. The average molecular weight is 272 g/mol. The van der Waals surface area contributed by atoms with Crippen molar-refractivity contribution in [3.05, 3.63) is 17.7 Å². The molecule has 1 aliphatic heterocycles. The number of rotatable bonds is 2. The van der Waals surface area contributed by atoms with E-state index in [4.69, 9.17) is 0 Å².